The summed E-state index contributed by atoms with van der Waals surface area (Å²) >= 11 is 0. The number of benzene rings is 6. The molecule has 9 heteroatoms. The smallest absolute Gasteiger partial charge is 0.330 e. The lowest BCUT2D eigenvalue weighted by Crippen LogP contribution is -2.12. The second-order valence-corrected chi connectivity index (χ2v) is 19.0. The summed E-state index contributed by atoms with van der Waals surface area (Å²) in [6.07, 6.45) is 19.2. The average Bonchev–Trinajstić information content (AvgIpc) is 3.97. The van der Waals surface area contributed by atoms with Crippen LogP contribution in [0.3, 0.4) is 0 Å². The highest BCUT2D eigenvalue weighted by molar-refractivity contribution is 5.86. The van der Waals surface area contributed by atoms with Crippen LogP contribution in [0.5, 0.6) is 28.7 Å². The summed E-state index contributed by atoms with van der Waals surface area (Å²) in [7, 11) is 0. The van der Waals surface area contributed by atoms with Crippen molar-refractivity contribution in [2.24, 2.45) is 0 Å². The first kappa shape index (κ1) is 57.7. The molecule has 0 amide bonds. The van der Waals surface area contributed by atoms with Gasteiger partial charge >= 0.3 is 11.9 Å². The molecule has 1 aliphatic carbocycles. The first-order valence-corrected chi connectivity index (χ1v) is 27.3. The molecule has 0 N–H and O–H groups in total. The van der Waals surface area contributed by atoms with Crippen LogP contribution in [0, 0.1) is 30.6 Å². The van der Waals surface area contributed by atoms with E-state index in [1.54, 1.807) is 0 Å². The highest BCUT2D eigenvalue weighted by Gasteiger charge is 2.19. The summed E-state index contributed by atoms with van der Waals surface area (Å²) < 4.78 is 40.3. The van der Waals surface area contributed by atoms with Crippen molar-refractivity contribution >= 4 is 33.5 Å². The molecular formula is C67H76O9. The van der Waals surface area contributed by atoms with Crippen molar-refractivity contribution in [1.82, 2.24) is 0 Å². The van der Waals surface area contributed by atoms with Gasteiger partial charge in [-0.05, 0) is 217 Å². The van der Waals surface area contributed by atoms with Crippen molar-refractivity contribution in [3.63, 3.8) is 0 Å². The van der Waals surface area contributed by atoms with Gasteiger partial charge in [0.15, 0.2) is 11.5 Å². The lowest BCUT2D eigenvalue weighted by molar-refractivity contribution is -0.138. The largest absolute Gasteiger partial charge is 0.494 e. The standard InChI is InChI=1S/C45H52O6.C22H24O3/c1-3-45(46)50-31-13-7-5-11-29-48-42-26-23-38-32-36(20-22-39(38)34-42)18-19-37-21-27-43(44(33-37)51-41-14-8-9-15-41)49-30-12-6-4-10-28-47-40-24-16-35(2)17-25-40;1-3-9-18-10-11-20-17-21(13-12-19(20)16-18)24-14-7-5-6-8-15-25-22(23)4-2/h3,16-17,20-27,32-34,41H,1,4-15,28-31H2,2H3;4,10-13,16-17H,2,5-8,14-15H2,1H3. The molecule has 0 heterocycles. The van der Waals surface area contributed by atoms with E-state index in [1.165, 1.54) is 35.9 Å². The van der Waals surface area contributed by atoms with Gasteiger partial charge in [0, 0.05) is 28.8 Å². The Hall–Kier alpha value is -7.62. The quantitative estimate of drug-likeness (QED) is 0.0197. The van der Waals surface area contributed by atoms with Crippen molar-refractivity contribution in [3.8, 4) is 52.4 Å². The Morgan fingerprint density at radius 3 is 1.37 bits per heavy atom. The maximum Gasteiger partial charge on any atom is 0.330 e. The van der Waals surface area contributed by atoms with Gasteiger partial charge in [-0.3, -0.25) is 0 Å². The van der Waals surface area contributed by atoms with Gasteiger partial charge in [-0.25, -0.2) is 9.59 Å². The van der Waals surface area contributed by atoms with Gasteiger partial charge in [0.25, 0.3) is 0 Å². The van der Waals surface area contributed by atoms with Gasteiger partial charge in [0.05, 0.1) is 45.7 Å². The summed E-state index contributed by atoms with van der Waals surface area (Å²) in [6, 6.07) is 39.1. The zero-order valence-electron chi connectivity index (χ0n) is 44.8. The molecule has 0 radical (unpaired) electrons. The minimum atomic E-state index is -0.363. The first-order valence-electron chi connectivity index (χ1n) is 27.3. The Bertz CT molecular complexity index is 2890. The monoisotopic (exact) mass is 1020 g/mol. The second-order valence-electron chi connectivity index (χ2n) is 19.0. The van der Waals surface area contributed by atoms with Crippen LogP contribution in [0.15, 0.2) is 141 Å². The van der Waals surface area contributed by atoms with E-state index in [0.717, 1.165) is 158 Å². The molecule has 0 spiro atoms. The van der Waals surface area contributed by atoms with Gasteiger partial charge in [-0.15, -0.1) is 5.92 Å². The fraction of sp³-hybridized carbons (Fsp3) is 0.373. The van der Waals surface area contributed by atoms with Crippen LogP contribution in [-0.4, -0.2) is 57.7 Å². The van der Waals surface area contributed by atoms with Crippen LogP contribution >= 0.6 is 0 Å². The topological polar surface area (TPSA) is 98.8 Å². The number of carbonyl (C=O) groups excluding carboxylic acids is 2. The molecule has 0 saturated heterocycles. The number of esters is 2. The van der Waals surface area contributed by atoms with Crippen molar-refractivity contribution in [2.45, 2.75) is 123 Å². The lowest BCUT2D eigenvalue weighted by Gasteiger charge is -2.17. The number of fused-ring (bicyclic) bond motifs is 2. The molecule has 6 aromatic carbocycles. The molecule has 1 fully saturated rings. The molecule has 1 aliphatic rings. The van der Waals surface area contributed by atoms with Crippen molar-refractivity contribution in [3.05, 3.63) is 163 Å². The number of hydrogen-bond donors (Lipinski definition) is 0. The van der Waals surface area contributed by atoms with Crippen LogP contribution in [-0.2, 0) is 19.1 Å². The van der Waals surface area contributed by atoms with Gasteiger partial charge in [-0.1, -0.05) is 72.9 Å². The Labute approximate surface area is 451 Å². The highest BCUT2D eigenvalue weighted by Crippen LogP contribution is 2.33. The fourth-order valence-electron chi connectivity index (χ4n) is 8.58. The maximum absolute atomic E-state index is 11.1. The SMILES string of the molecule is C=CC(=O)OCCCCCCOc1ccc2cc(C#CC)ccc2c1.C=CC(=O)OCCCCCCOc1ccc2cc(C#Cc3ccc(OCCCCCCOc4ccc(C)cc4)c(OC4CCCC4)c3)ccc2c1. The molecule has 6 aromatic rings. The summed E-state index contributed by atoms with van der Waals surface area (Å²) in [5.41, 5.74) is 4.14. The predicted octanol–water partition coefficient (Wildman–Crippen LogP) is 15.4. The maximum atomic E-state index is 11.1. The highest BCUT2D eigenvalue weighted by atomic mass is 16.5. The lowest BCUT2D eigenvalue weighted by atomic mass is 10.1. The number of rotatable bonds is 29. The van der Waals surface area contributed by atoms with E-state index in [9.17, 15) is 9.59 Å². The Kier molecular flexibility index (Phi) is 25.3. The Morgan fingerprint density at radius 1 is 0.461 bits per heavy atom. The fourth-order valence-corrected chi connectivity index (χ4v) is 8.58. The normalized spacial score (nSPS) is 11.7. The van der Waals surface area contributed by atoms with Crippen LogP contribution in [0.2, 0.25) is 0 Å². The van der Waals surface area contributed by atoms with Crippen LogP contribution < -0.4 is 23.7 Å². The van der Waals surface area contributed by atoms with E-state index in [2.05, 4.69) is 110 Å². The number of ether oxygens (including phenoxy) is 7. The molecule has 76 heavy (non-hydrogen) atoms. The molecule has 7 rings (SSSR count). The van der Waals surface area contributed by atoms with E-state index in [-0.39, 0.29) is 18.0 Å². The molecule has 9 nitrogen and oxygen atoms in total. The third-order valence-corrected chi connectivity index (χ3v) is 12.8. The third kappa shape index (κ3) is 21.3. The molecule has 398 valence electrons. The van der Waals surface area contributed by atoms with Crippen LogP contribution in [0.1, 0.15) is 132 Å². The zero-order chi connectivity index (χ0) is 53.4. The summed E-state index contributed by atoms with van der Waals surface area (Å²) in [5.74, 6) is 16.3. The van der Waals surface area contributed by atoms with Crippen LogP contribution in [0.4, 0.5) is 0 Å². The number of unbranched alkanes of at least 4 members (excludes halogenated alkanes) is 9. The van der Waals surface area contributed by atoms with Gasteiger partial charge in [0.2, 0.25) is 0 Å². The zero-order valence-corrected chi connectivity index (χ0v) is 44.8. The molecule has 0 aromatic heterocycles. The minimum absolute atomic E-state index is 0.235. The summed E-state index contributed by atoms with van der Waals surface area (Å²) in [5, 5.41) is 4.56. The van der Waals surface area contributed by atoms with Gasteiger partial charge in [-0.2, -0.15) is 0 Å². The van der Waals surface area contributed by atoms with E-state index in [1.807, 2.05) is 55.5 Å². The van der Waals surface area contributed by atoms with Crippen molar-refractivity contribution < 1.29 is 42.7 Å². The Morgan fingerprint density at radius 2 is 0.868 bits per heavy atom. The molecule has 1 saturated carbocycles. The summed E-state index contributed by atoms with van der Waals surface area (Å²) in [4.78, 5) is 22.0. The van der Waals surface area contributed by atoms with E-state index >= 15 is 0 Å². The molecule has 0 aliphatic heterocycles. The number of carbonyl (C=O) groups is 2. The van der Waals surface area contributed by atoms with Gasteiger partial charge in [0.1, 0.15) is 17.2 Å². The van der Waals surface area contributed by atoms with E-state index in [0.29, 0.717) is 33.0 Å². The molecule has 0 unspecified atom stereocenters. The average molecular weight is 1030 g/mol. The number of hydrogen-bond acceptors (Lipinski definition) is 9. The molecular weight excluding hydrogens is 949 g/mol. The van der Waals surface area contributed by atoms with Crippen molar-refractivity contribution in [1.29, 1.82) is 0 Å². The third-order valence-electron chi connectivity index (χ3n) is 12.8. The molecule has 0 bridgehead atoms. The number of aryl methyl sites for hydroxylation is 1. The van der Waals surface area contributed by atoms with Crippen molar-refractivity contribution in [2.75, 3.05) is 39.6 Å². The van der Waals surface area contributed by atoms with E-state index < -0.39 is 0 Å². The Balaban J connectivity index is 0.000000314. The second kappa shape index (κ2) is 33.3. The predicted molar refractivity (Wildman–Crippen MR) is 307 cm³/mol. The minimum Gasteiger partial charge on any atom is -0.494 e. The van der Waals surface area contributed by atoms with E-state index in [4.69, 9.17) is 33.2 Å². The van der Waals surface area contributed by atoms with Gasteiger partial charge < -0.3 is 33.2 Å². The first-order chi connectivity index (χ1) is 37.3. The molecule has 0 atom stereocenters. The van der Waals surface area contributed by atoms with Crippen LogP contribution in [0.25, 0.3) is 21.5 Å². The summed E-state index contributed by atoms with van der Waals surface area (Å²) in [6.45, 7) is 14.3.